The average molecular weight is 596 g/mol. The number of primary amides is 1. The molecule has 2 unspecified atom stereocenters. The number of furan rings is 1. The molecule has 0 spiro atoms. The largest absolute Gasteiger partial charge is 0.497 e. The molecule has 1 amide bonds. The zero-order chi connectivity index (χ0) is 30.0. The van der Waals surface area contributed by atoms with E-state index in [-0.39, 0.29) is 30.2 Å². The summed E-state index contributed by atoms with van der Waals surface area (Å²) in [6.07, 6.45) is 5.03. The molecular weight excluding hydrogens is 554 g/mol. The second kappa shape index (κ2) is 12.6. The maximum Gasteiger partial charge on any atom is 0.251 e. The van der Waals surface area contributed by atoms with E-state index in [0.29, 0.717) is 40.5 Å². The van der Waals surface area contributed by atoms with Crippen molar-refractivity contribution in [3.8, 4) is 5.75 Å². The molecule has 226 valence electrons. The van der Waals surface area contributed by atoms with Crippen LogP contribution in [0.5, 0.6) is 5.75 Å². The Morgan fingerprint density at radius 3 is 2.36 bits per heavy atom. The van der Waals surface area contributed by atoms with E-state index < -0.39 is 15.9 Å². The van der Waals surface area contributed by atoms with Gasteiger partial charge >= 0.3 is 0 Å². The molecular formula is C32H41N3O6S. The molecule has 2 fully saturated rings. The molecule has 0 radical (unpaired) electrons. The third-order valence-electron chi connectivity index (χ3n) is 8.29. The van der Waals surface area contributed by atoms with Gasteiger partial charge < -0.3 is 20.0 Å². The molecule has 1 aliphatic heterocycles. The minimum atomic E-state index is -3.84. The van der Waals surface area contributed by atoms with Crippen LogP contribution in [0, 0.1) is 13.8 Å². The Morgan fingerprint density at radius 2 is 1.79 bits per heavy atom. The maximum atomic E-state index is 14.2. The number of ether oxygens (including phenoxy) is 1. The highest BCUT2D eigenvalue weighted by atomic mass is 32.2. The topological polar surface area (TPSA) is 126 Å². The third kappa shape index (κ3) is 6.89. The van der Waals surface area contributed by atoms with Crippen LogP contribution in [-0.4, -0.2) is 67.5 Å². The lowest BCUT2D eigenvalue weighted by atomic mass is 9.95. The van der Waals surface area contributed by atoms with Crippen molar-refractivity contribution in [3.05, 3.63) is 82.3 Å². The van der Waals surface area contributed by atoms with E-state index >= 15 is 0 Å². The monoisotopic (exact) mass is 595 g/mol. The first-order valence-electron chi connectivity index (χ1n) is 14.6. The Bertz CT molecular complexity index is 1490. The number of sulfonamides is 1. The molecule has 1 aromatic heterocycles. The minimum Gasteiger partial charge on any atom is -0.497 e. The van der Waals surface area contributed by atoms with Crippen LogP contribution in [0.15, 0.2) is 58.0 Å². The lowest BCUT2D eigenvalue weighted by Gasteiger charge is -2.30. The second-order valence-electron chi connectivity index (χ2n) is 11.7. The fourth-order valence-electron chi connectivity index (χ4n) is 6.03. The smallest absolute Gasteiger partial charge is 0.251 e. The Kier molecular flexibility index (Phi) is 9.08. The molecule has 9 nitrogen and oxygen atoms in total. The molecule has 0 bridgehead atoms. The molecule has 2 aliphatic rings. The number of rotatable bonds is 12. The highest BCUT2D eigenvalue weighted by Gasteiger charge is 2.41. The summed E-state index contributed by atoms with van der Waals surface area (Å²) < 4.78 is 41.2. The number of benzene rings is 2. The molecule has 3 aromatic rings. The van der Waals surface area contributed by atoms with Crippen LogP contribution in [0.2, 0.25) is 0 Å². The molecule has 42 heavy (non-hydrogen) atoms. The Hall–Kier alpha value is -3.18. The summed E-state index contributed by atoms with van der Waals surface area (Å²) in [7, 11) is -2.27. The number of likely N-dealkylation sites (tertiary alicyclic amines) is 1. The number of hydrogen-bond acceptors (Lipinski definition) is 7. The highest BCUT2D eigenvalue weighted by Crippen LogP contribution is 2.38. The number of hydrogen-bond donors (Lipinski definition) is 2. The summed E-state index contributed by atoms with van der Waals surface area (Å²) in [4.78, 5) is 14.4. The van der Waals surface area contributed by atoms with Gasteiger partial charge in [-0.15, -0.1) is 0 Å². The normalized spacial score (nSPS) is 18.7. The van der Waals surface area contributed by atoms with E-state index in [2.05, 4.69) is 29.2 Å². The van der Waals surface area contributed by atoms with E-state index in [1.165, 1.54) is 6.26 Å². The van der Waals surface area contributed by atoms with Gasteiger partial charge in [-0.3, -0.25) is 9.69 Å². The molecule has 2 atom stereocenters. The first kappa shape index (κ1) is 30.3. The Morgan fingerprint density at radius 1 is 1.12 bits per heavy atom. The van der Waals surface area contributed by atoms with E-state index in [9.17, 15) is 18.3 Å². The van der Waals surface area contributed by atoms with E-state index in [0.717, 1.165) is 49.9 Å². The van der Waals surface area contributed by atoms with Crippen LogP contribution in [0.1, 0.15) is 70.0 Å². The van der Waals surface area contributed by atoms with Gasteiger partial charge in [0.05, 0.1) is 23.7 Å². The standard InChI is InChI=1S/C32H41N3O6S/c1-21-13-29(40-3)14-22(2)31(21)42(38,39)35(27-10-11-27)18-25(30-16-26(20-41-30)32(33)37)15-23-6-8-24(9-7-23)17-34-12-4-5-28(36)19-34/h6-9,13-14,16,20,25,27-28,36H,4-5,10-12,15,17-19H2,1-3H3,(H2,33,37). The van der Waals surface area contributed by atoms with Gasteiger partial charge in [0.2, 0.25) is 10.0 Å². The minimum absolute atomic E-state index is 0.0914. The van der Waals surface area contributed by atoms with Crippen molar-refractivity contribution in [1.29, 1.82) is 0 Å². The van der Waals surface area contributed by atoms with E-state index in [1.54, 1.807) is 43.5 Å². The molecule has 1 saturated heterocycles. The lowest BCUT2D eigenvalue weighted by Crippen LogP contribution is -2.38. The van der Waals surface area contributed by atoms with Gasteiger partial charge in [0.1, 0.15) is 17.8 Å². The number of nitrogens with zero attached hydrogens (tertiary/aromatic N) is 2. The maximum absolute atomic E-state index is 14.2. The lowest BCUT2D eigenvalue weighted by molar-refractivity contribution is 0.0668. The number of amides is 1. The fraction of sp³-hybridized carbons (Fsp3) is 0.469. The number of carbonyl (C=O) groups excluding carboxylic acids is 1. The Labute approximate surface area is 248 Å². The summed E-state index contributed by atoms with van der Waals surface area (Å²) in [5, 5.41) is 10.0. The zero-order valence-electron chi connectivity index (χ0n) is 24.6. The SMILES string of the molecule is COc1cc(C)c(S(=O)(=O)N(CC(Cc2ccc(CN3CCCC(O)C3)cc2)c2cc(C(N)=O)co2)C2CC2)c(C)c1. The van der Waals surface area contributed by atoms with Crippen molar-refractivity contribution < 1.29 is 27.5 Å². The summed E-state index contributed by atoms with van der Waals surface area (Å²) in [6, 6.07) is 13.3. The second-order valence-corrected chi connectivity index (χ2v) is 13.6. The molecule has 2 aromatic carbocycles. The van der Waals surface area contributed by atoms with Gasteiger partial charge in [-0.2, -0.15) is 4.31 Å². The number of methoxy groups -OCH3 is 1. The molecule has 5 rings (SSSR count). The van der Waals surface area contributed by atoms with Crippen LogP contribution in [0.25, 0.3) is 0 Å². The van der Waals surface area contributed by atoms with Gasteiger partial charge in [0.25, 0.3) is 5.91 Å². The average Bonchev–Trinajstić information content (AvgIpc) is 3.65. The number of aryl methyl sites for hydroxylation is 2. The van der Waals surface area contributed by atoms with Crippen molar-refractivity contribution in [2.45, 2.75) is 75.5 Å². The predicted octanol–water partition coefficient (Wildman–Crippen LogP) is 4.14. The first-order chi connectivity index (χ1) is 20.0. The number of carbonyl (C=O) groups is 1. The van der Waals surface area contributed by atoms with Crippen LogP contribution < -0.4 is 10.5 Å². The zero-order valence-corrected chi connectivity index (χ0v) is 25.4. The third-order valence-corrected chi connectivity index (χ3v) is 10.5. The van der Waals surface area contributed by atoms with Crippen LogP contribution in [0.4, 0.5) is 0 Å². The van der Waals surface area contributed by atoms with Gasteiger partial charge in [0.15, 0.2) is 0 Å². The van der Waals surface area contributed by atoms with Crippen molar-refractivity contribution in [2.75, 3.05) is 26.7 Å². The summed E-state index contributed by atoms with van der Waals surface area (Å²) >= 11 is 0. The van der Waals surface area contributed by atoms with Gasteiger partial charge in [-0.1, -0.05) is 24.3 Å². The van der Waals surface area contributed by atoms with Crippen LogP contribution >= 0.6 is 0 Å². The molecule has 3 N–H and O–H groups in total. The van der Waals surface area contributed by atoms with Gasteiger partial charge in [-0.25, -0.2) is 8.42 Å². The van der Waals surface area contributed by atoms with Crippen molar-refractivity contribution >= 4 is 15.9 Å². The van der Waals surface area contributed by atoms with Crippen molar-refractivity contribution in [3.63, 3.8) is 0 Å². The van der Waals surface area contributed by atoms with Crippen molar-refractivity contribution in [1.82, 2.24) is 9.21 Å². The molecule has 1 aliphatic carbocycles. The molecule has 2 heterocycles. The Balaban J connectivity index is 1.42. The van der Waals surface area contributed by atoms with E-state index in [1.807, 2.05) is 0 Å². The highest BCUT2D eigenvalue weighted by molar-refractivity contribution is 7.89. The van der Waals surface area contributed by atoms with Crippen LogP contribution in [-0.2, 0) is 23.0 Å². The molecule has 1 saturated carbocycles. The number of aliphatic hydroxyl groups is 1. The number of nitrogens with two attached hydrogens (primary N) is 1. The van der Waals surface area contributed by atoms with Crippen molar-refractivity contribution in [2.24, 2.45) is 5.73 Å². The number of aliphatic hydroxyl groups excluding tert-OH is 1. The summed E-state index contributed by atoms with van der Waals surface area (Å²) in [5.74, 6) is 0.219. The summed E-state index contributed by atoms with van der Waals surface area (Å²) in [6.45, 7) is 6.22. The quantitative estimate of drug-likeness (QED) is 0.322. The van der Waals surface area contributed by atoms with E-state index in [4.69, 9.17) is 14.9 Å². The van der Waals surface area contributed by atoms with Crippen LogP contribution in [0.3, 0.4) is 0 Å². The van der Waals surface area contributed by atoms with Gasteiger partial charge in [-0.05, 0) is 92.9 Å². The first-order valence-corrected chi connectivity index (χ1v) is 16.0. The molecule has 10 heteroatoms. The number of piperidine rings is 1. The van der Waals surface area contributed by atoms with Gasteiger partial charge in [0, 0.05) is 31.6 Å². The number of β-amino-alcohol motifs (C(OH)–C–C–N with tert-alkyl or cyclic N) is 1. The fourth-order valence-corrected chi connectivity index (χ4v) is 8.17. The predicted molar refractivity (Wildman–Crippen MR) is 160 cm³/mol. The summed E-state index contributed by atoms with van der Waals surface area (Å²) in [5.41, 5.74) is 9.24.